The van der Waals surface area contributed by atoms with Crippen LogP contribution in [0, 0.1) is 57.7 Å². The Kier molecular flexibility index (Phi) is 4.72. The van der Waals surface area contributed by atoms with Crippen molar-refractivity contribution in [3.05, 3.63) is 0 Å². The lowest BCUT2D eigenvalue weighted by Gasteiger charge is -2.65. The Hall–Kier alpha value is -0.410. The minimum absolute atomic E-state index is 0.212. The highest BCUT2D eigenvalue weighted by molar-refractivity contribution is 5.87. The van der Waals surface area contributed by atoms with Gasteiger partial charge < -0.3 is 9.47 Å². The first-order chi connectivity index (χ1) is 15.0. The third-order valence-corrected chi connectivity index (χ3v) is 12.8. The number of fused-ring (bicyclic) bond motifs is 7. The highest BCUT2D eigenvalue weighted by atomic mass is 16.7. The molecule has 6 fully saturated rings. The van der Waals surface area contributed by atoms with E-state index in [0.717, 1.165) is 31.8 Å². The molecule has 12 atom stereocenters. The Morgan fingerprint density at radius 1 is 0.906 bits per heavy atom. The van der Waals surface area contributed by atoms with Crippen molar-refractivity contribution in [1.82, 2.24) is 0 Å². The molecule has 1 spiro atoms. The standard InChI is InChI=1S/C29H46O3/c1-17-7-11-27(5)21-14-24(30)28(6)22(20(21)9-10-26(27,4)15-17)13-23-25(28)19(3)29(32-23)12-8-18(2)16-31-29/h17-23,25H,7-16H2,1-6H3/t17-,18+,19-,20+,21-,22-,23-,25-,26-,27+,28+,29+/m0/s1. The van der Waals surface area contributed by atoms with Crippen LogP contribution in [0.5, 0.6) is 0 Å². The quantitative estimate of drug-likeness (QED) is 0.422. The highest BCUT2D eigenvalue weighted by Gasteiger charge is 2.72. The summed E-state index contributed by atoms with van der Waals surface area (Å²) in [5.74, 6) is 4.03. The molecule has 0 N–H and O–H groups in total. The molecule has 2 saturated heterocycles. The van der Waals surface area contributed by atoms with E-state index in [2.05, 4.69) is 41.5 Å². The third-order valence-electron chi connectivity index (χ3n) is 12.8. The molecule has 0 bridgehead atoms. The number of Topliss-reactive ketones (excluding diaryl/α,β-unsaturated/α-hetero) is 1. The van der Waals surface area contributed by atoms with Crippen LogP contribution in [0.1, 0.15) is 99.3 Å². The van der Waals surface area contributed by atoms with Gasteiger partial charge in [0.25, 0.3) is 0 Å². The second kappa shape index (κ2) is 6.84. The SMILES string of the molecule is C[C@@H]1CC[C@@]2(OC1)O[C@H]1C[C@H]3[C@@H]4CC[C@@]5(C)C[C@@H](C)CC[C@]5(C)[C@H]4CC(=O)[C@]3(C)[C@H]1[C@@H]2C. The lowest BCUT2D eigenvalue weighted by molar-refractivity contribution is -0.272. The number of ketones is 1. The van der Waals surface area contributed by atoms with Crippen LogP contribution >= 0.6 is 0 Å². The smallest absolute Gasteiger partial charge is 0.171 e. The summed E-state index contributed by atoms with van der Waals surface area (Å²) in [5.41, 5.74) is 0.523. The molecule has 0 aromatic rings. The molecule has 0 aromatic heterocycles. The molecule has 4 aliphatic carbocycles. The van der Waals surface area contributed by atoms with Gasteiger partial charge in [0.05, 0.1) is 12.7 Å². The maximum Gasteiger partial charge on any atom is 0.171 e. The van der Waals surface area contributed by atoms with Crippen LogP contribution in [0.3, 0.4) is 0 Å². The molecule has 0 unspecified atom stereocenters. The molecule has 2 heterocycles. The molecular formula is C29H46O3. The van der Waals surface area contributed by atoms with Gasteiger partial charge in [-0.05, 0) is 78.9 Å². The maximum absolute atomic E-state index is 14.2. The van der Waals surface area contributed by atoms with E-state index < -0.39 is 5.79 Å². The van der Waals surface area contributed by atoms with Crippen molar-refractivity contribution in [2.45, 2.75) is 111 Å². The van der Waals surface area contributed by atoms with Gasteiger partial charge in [0, 0.05) is 30.1 Å². The van der Waals surface area contributed by atoms with Crippen LogP contribution in [0.2, 0.25) is 0 Å². The fourth-order valence-corrected chi connectivity index (χ4v) is 10.6. The molecule has 0 aromatic carbocycles. The monoisotopic (exact) mass is 442 g/mol. The lowest BCUT2D eigenvalue weighted by atomic mass is 9.39. The summed E-state index contributed by atoms with van der Waals surface area (Å²) in [7, 11) is 0. The number of carbonyl (C=O) groups is 1. The van der Waals surface area contributed by atoms with Gasteiger partial charge in [0.2, 0.25) is 0 Å². The minimum atomic E-state index is -0.427. The summed E-state index contributed by atoms with van der Waals surface area (Å²) in [6.45, 7) is 15.4. The summed E-state index contributed by atoms with van der Waals surface area (Å²) in [4.78, 5) is 14.2. The lowest BCUT2D eigenvalue weighted by Crippen LogP contribution is -2.60. The predicted molar refractivity (Wildman–Crippen MR) is 126 cm³/mol. The van der Waals surface area contributed by atoms with Gasteiger partial charge in [-0.15, -0.1) is 0 Å². The number of hydrogen-bond donors (Lipinski definition) is 0. The predicted octanol–water partition coefficient (Wildman–Crippen LogP) is 6.64. The second-order valence-corrected chi connectivity index (χ2v) is 14.1. The van der Waals surface area contributed by atoms with Gasteiger partial charge in [-0.25, -0.2) is 0 Å². The van der Waals surface area contributed by atoms with Crippen molar-refractivity contribution in [2.75, 3.05) is 6.61 Å². The van der Waals surface area contributed by atoms with E-state index in [-0.39, 0.29) is 11.5 Å². The Morgan fingerprint density at radius 2 is 1.66 bits per heavy atom. The number of ether oxygens (including phenoxy) is 2. The van der Waals surface area contributed by atoms with Crippen LogP contribution < -0.4 is 0 Å². The van der Waals surface area contributed by atoms with Crippen LogP contribution in [0.15, 0.2) is 0 Å². The van der Waals surface area contributed by atoms with Crippen molar-refractivity contribution in [1.29, 1.82) is 0 Å². The average Bonchev–Trinajstić information content (AvgIpc) is 3.18. The van der Waals surface area contributed by atoms with Crippen molar-refractivity contribution in [2.24, 2.45) is 57.7 Å². The van der Waals surface area contributed by atoms with Crippen LogP contribution in [0.25, 0.3) is 0 Å². The fourth-order valence-electron chi connectivity index (χ4n) is 10.6. The van der Waals surface area contributed by atoms with Gasteiger partial charge in [-0.1, -0.05) is 48.0 Å². The van der Waals surface area contributed by atoms with E-state index in [0.29, 0.717) is 52.1 Å². The molecule has 3 heteroatoms. The fraction of sp³-hybridized carbons (Fsp3) is 0.966. The molecule has 4 saturated carbocycles. The Labute approximate surface area is 195 Å². The largest absolute Gasteiger partial charge is 0.349 e. The molecule has 0 radical (unpaired) electrons. The van der Waals surface area contributed by atoms with Gasteiger partial charge in [0.1, 0.15) is 5.78 Å². The van der Waals surface area contributed by atoms with E-state index in [1.807, 2.05) is 0 Å². The number of rotatable bonds is 0. The second-order valence-electron chi connectivity index (χ2n) is 14.1. The van der Waals surface area contributed by atoms with E-state index in [4.69, 9.17) is 9.47 Å². The van der Waals surface area contributed by atoms with Crippen LogP contribution in [-0.2, 0) is 14.3 Å². The normalized spacial score (nSPS) is 61.8. The Morgan fingerprint density at radius 3 is 2.38 bits per heavy atom. The van der Waals surface area contributed by atoms with Crippen molar-refractivity contribution in [3.8, 4) is 0 Å². The minimum Gasteiger partial charge on any atom is -0.349 e. The first-order valence-electron chi connectivity index (χ1n) is 13.9. The van der Waals surface area contributed by atoms with Gasteiger partial charge >= 0.3 is 0 Å². The molecule has 2 aliphatic heterocycles. The van der Waals surface area contributed by atoms with E-state index in [1.54, 1.807) is 0 Å². The maximum atomic E-state index is 14.2. The summed E-state index contributed by atoms with van der Waals surface area (Å²) in [5, 5.41) is 0. The van der Waals surface area contributed by atoms with E-state index >= 15 is 0 Å². The third kappa shape index (κ3) is 2.59. The summed E-state index contributed by atoms with van der Waals surface area (Å²) in [6, 6.07) is 0. The zero-order valence-electron chi connectivity index (χ0n) is 21.4. The molecule has 180 valence electrons. The number of carbonyl (C=O) groups excluding carboxylic acids is 1. The van der Waals surface area contributed by atoms with Crippen LogP contribution in [0.4, 0.5) is 0 Å². The molecular weight excluding hydrogens is 396 g/mol. The first-order valence-corrected chi connectivity index (χ1v) is 13.9. The molecule has 3 nitrogen and oxygen atoms in total. The summed E-state index contributed by atoms with van der Waals surface area (Å²) in [6.07, 6.45) is 11.0. The highest BCUT2D eigenvalue weighted by Crippen LogP contribution is 2.72. The Bertz CT molecular complexity index is 798. The van der Waals surface area contributed by atoms with Crippen LogP contribution in [-0.4, -0.2) is 24.3 Å². The van der Waals surface area contributed by atoms with Gasteiger partial charge in [-0.2, -0.15) is 0 Å². The van der Waals surface area contributed by atoms with Gasteiger partial charge in [0.15, 0.2) is 5.79 Å². The Balaban J connectivity index is 1.32. The molecule has 6 rings (SSSR count). The first kappa shape index (κ1) is 22.1. The average molecular weight is 443 g/mol. The van der Waals surface area contributed by atoms with Crippen molar-refractivity contribution < 1.29 is 14.3 Å². The van der Waals surface area contributed by atoms with Gasteiger partial charge in [-0.3, -0.25) is 4.79 Å². The van der Waals surface area contributed by atoms with E-state index in [1.165, 1.54) is 38.5 Å². The van der Waals surface area contributed by atoms with Crippen molar-refractivity contribution >= 4 is 5.78 Å². The molecule has 0 amide bonds. The zero-order valence-corrected chi connectivity index (χ0v) is 21.4. The topological polar surface area (TPSA) is 35.5 Å². The molecule has 6 aliphatic rings. The zero-order chi connectivity index (χ0) is 22.7. The van der Waals surface area contributed by atoms with E-state index in [9.17, 15) is 4.79 Å². The molecule has 32 heavy (non-hydrogen) atoms. The summed E-state index contributed by atoms with van der Waals surface area (Å²) >= 11 is 0. The number of hydrogen-bond acceptors (Lipinski definition) is 3. The summed E-state index contributed by atoms with van der Waals surface area (Å²) < 4.78 is 13.3. The van der Waals surface area contributed by atoms with Crippen molar-refractivity contribution in [3.63, 3.8) is 0 Å².